The number of aliphatic carboxylic acids is 2. The van der Waals surface area contributed by atoms with Crippen LogP contribution >= 0.6 is 0 Å². The van der Waals surface area contributed by atoms with Gasteiger partial charge in [0.15, 0.2) is 0 Å². The van der Waals surface area contributed by atoms with E-state index in [1.54, 1.807) is 6.08 Å². The first-order valence-electron chi connectivity index (χ1n) is 10.3. The van der Waals surface area contributed by atoms with E-state index in [1.165, 1.54) is 18.9 Å². The Morgan fingerprint density at radius 2 is 1.25 bits per heavy atom. The Hall–Kier alpha value is -2.71. The molecule has 0 aromatic rings. The number of aliphatic hydroxyl groups is 1. The molecule has 32 heavy (non-hydrogen) atoms. The summed E-state index contributed by atoms with van der Waals surface area (Å²) >= 11 is 0. The molecule has 0 amide bonds. The van der Waals surface area contributed by atoms with Crippen molar-refractivity contribution in [2.75, 3.05) is 7.11 Å². The lowest BCUT2D eigenvalue weighted by molar-refractivity contribution is -0.136. The summed E-state index contributed by atoms with van der Waals surface area (Å²) in [6, 6.07) is 3.45. The Morgan fingerprint density at radius 1 is 0.875 bits per heavy atom. The average Bonchev–Trinajstić information content (AvgIpc) is 2.62. The number of hydrogen-bond acceptors (Lipinski definition) is 6. The molecule has 8 nitrogen and oxygen atoms in total. The van der Waals surface area contributed by atoms with Crippen LogP contribution in [0.25, 0.3) is 0 Å². The predicted molar refractivity (Wildman–Crippen MR) is 127 cm³/mol. The van der Waals surface area contributed by atoms with Gasteiger partial charge in [0.1, 0.15) is 12.7 Å². The molecule has 0 radical (unpaired) electrons. The summed E-state index contributed by atoms with van der Waals surface area (Å²) in [4.78, 5) is 28.3. The van der Waals surface area contributed by atoms with E-state index in [-0.39, 0.29) is 0 Å². The fourth-order valence-corrected chi connectivity index (χ4v) is 1.67. The number of carbonyl (C=O) groups excluding carboxylic acids is 1. The molecule has 0 aliphatic carbocycles. The number of carboxylic acids is 2. The van der Waals surface area contributed by atoms with Crippen LogP contribution in [-0.4, -0.2) is 40.7 Å². The van der Waals surface area contributed by atoms with Gasteiger partial charge in [-0.15, -0.1) is 0 Å². The van der Waals surface area contributed by atoms with Crippen LogP contribution in [0.3, 0.4) is 0 Å². The maximum Gasteiger partial charge on any atom is 0.317 e. The second-order valence-corrected chi connectivity index (χ2v) is 8.85. The lowest BCUT2D eigenvalue weighted by atomic mass is 9.90. The number of carbonyl (C=O) groups is 3. The van der Waals surface area contributed by atoms with Crippen LogP contribution in [0.5, 0.6) is 0 Å². The standard InChI is InChI=1S/C10H17N.C8H16O.C3H3NO2.C2H4O2.CH4O/c1-10(2,3)8-6-4-5-7-9-11;1-8(2,3)6-4-5-7-9;4-2-1-3(5)6;1-2(3)4;1-2/h5,7H,4,6,8H2,1-3H3;7H,4-6H2,1-3H3;1H2,(H,5,6);1H3,(H,3,4);2H,1H3. The molecule has 0 atom stereocenters. The van der Waals surface area contributed by atoms with Gasteiger partial charge in [-0.1, -0.05) is 47.6 Å². The van der Waals surface area contributed by atoms with Crippen LogP contribution < -0.4 is 0 Å². The molecule has 0 aliphatic rings. The number of hydrogen-bond donors (Lipinski definition) is 3. The van der Waals surface area contributed by atoms with Crippen molar-refractivity contribution in [2.24, 2.45) is 10.8 Å². The van der Waals surface area contributed by atoms with Crippen LogP contribution in [0, 0.1) is 33.5 Å². The third-order valence-corrected chi connectivity index (χ3v) is 2.97. The molecule has 0 fully saturated rings. The van der Waals surface area contributed by atoms with Gasteiger partial charge < -0.3 is 20.1 Å². The highest BCUT2D eigenvalue weighted by Gasteiger charge is 2.08. The molecule has 8 heteroatoms. The Bertz CT molecular complexity index is 555. The van der Waals surface area contributed by atoms with Crippen LogP contribution in [0.2, 0.25) is 0 Å². The number of allylic oxidation sites excluding steroid dienone is 2. The van der Waals surface area contributed by atoms with Crippen LogP contribution in [0.15, 0.2) is 12.2 Å². The number of aliphatic hydroxyl groups excluding tert-OH is 1. The maximum atomic E-state index is 9.89. The summed E-state index contributed by atoms with van der Waals surface area (Å²) in [6.45, 7) is 14.4. The van der Waals surface area contributed by atoms with Gasteiger partial charge in [-0.2, -0.15) is 10.5 Å². The van der Waals surface area contributed by atoms with Crippen LogP contribution in [0.4, 0.5) is 0 Å². The van der Waals surface area contributed by atoms with Crippen molar-refractivity contribution in [1.29, 1.82) is 10.5 Å². The first-order valence-corrected chi connectivity index (χ1v) is 10.3. The number of rotatable bonds is 7. The first kappa shape index (κ1) is 39.7. The minimum Gasteiger partial charge on any atom is -0.481 e. The number of nitrogens with zero attached hydrogens (tertiary/aromatic N) is 2. The maximum absolute atomic E-state index is 9.89. The Balaban J connectivity index is -0.000000104. The minimum absolute atomic E-state index is 0.392. The molecule has 0 rings (SSSR count). The monoisotopic (exact) mass is 456 g/mol. The molecule has 0 spiro atoms. The molecule has 0 saturated heterocycles. The third-order valence-electron chi connectivity index (χ3n) is 2.97. The van der Waals surface area contributed by atoms with E-state index >= 15 is 0 Å². The van der Waals surface area contributed by atoms with Crippen LogP contribution in [-0.2, 0) is 14.4 Å². The third kappa shape index (κ3) is 92.4. The number of carboxylic acid groups (broad SMARTS) is 2. The Morgan fingerprint density at radius 3 is 1.47 bits per heavy atom. The SMILES string of the molecule is CC(=O)O.CC(C)(C)CCCC=CC#N.CC(C)(C)CCCC=O.CO.N#CCC(=O)O. The van der Waals surface area contributed by atoms with Gasteiger partial charge in [-0.25, -0.2) is 0 Å². The van der Waals surface area contributed by atoms with Crippen molar-refractivity contribution < 1.29 is 29.7 Å². The largest absolute Gasteiger partial charge is 0.481 e. The zero-order valence-electron chi connectivity index (χ0n) is 21.1. The molecule has 0 heterocycles. The highest BCUT2D eigenvalue weighted by molar-refractivity contribution is 5.69. The van der Waals surface area contributed by atoms with E-state index in [1.807, 2.05) is 12.1 Å². The summed E-state index contributed by atoms with van der Waals surface area (Å²) in [5.74, 6) is -1.91. The summed E-state index contributed by atoms with van der Waals surface area (Å²) in [5, 5.41) is 37.9. The minimum atomic E-state index is -1.07. The summed E-state index contributed by atoms with van der Waals surface area (Å²) < 4.78 is 0. The smallest absolute Gasteiger partial charge is 0.317 e. The van der Waals surface area contributed by atoms with Crippen molar-refractivity contribution in [2.45, 2.75) is 93.4 Å². The van der Waals surface area contributed by atoms with E-state index in [0.29, 0.717) is 10.8 Å². The van der Waals surface area contributed by atoms with Gasteiger partial charge in [0, 0.05) is 26.5 Å². The van der Waals surface area contributed by atoms with Gasteiger partial charge in [-0.3, -0.25) is 9.59 Å². The van der Waals surface area contributed by atoms with Gasteiger partial charge in [0.25, 0.3) is 5.97 Å². The highest BCUT2D eigenvalue weighted by atomic mass is 16.4. The first-order chi connectivity index (χ1) is 14.6. The predicted octanol–water partition coefficient (Wildman–Crippen LogP) is 5.37. The molecular formula is C24H44N2O6. The van der Waals surface area contributed by atoms with Crippen molar-refractivity contribution in [3.8, 4) is 12.1 Å². The Labute approximate surface area is 194 Å². The zero-order chi connectivity index (χ0) is 26.6. The topological polar surface area (TPSA) is 159 Å². The molecule has 0 unspecified atom stereocenters. The molecule has 0 aromatic heterocycles. The van der Waals surface area contributed by atoms with E-state index in [9.17, 15) is 9.59 Å². The molecule has 0 bridgehead atoms. The molecule has 186 valence electrons. The van der Waals surface area contributed by atoms with Crippen molar-refractivity contribution in [1.82, 2.24) is 0 Å². The van der Waals surface area contributed by atoms with Gasteiger partial charge in [-0.05, 0) is 42.9 Å². The fourth-order valence-electron chi connectivity index (χ4n) is 1.67. The molecule has 0 aromatic carbocycles. The lowest BCUT2D eigenvalue weighted by Gasteiger charge is -2.16. The molecular weight excluding hydrogens is 412 g/mol. The van der Waals surface area contributed by atoms with E-state index in [2.05, 4.69) is 41.5 Å². The molecule has 3 N–H and O–H groups in total. The van der Waals surface area contributed by atoms with Crippen molar-refractivity contribution in [3.63, 3.8) is 0 Å². The lowest BCUT2D eigenvalue weighted by Crippen LogP contribution is -2.03. The number of nitriles is 2. The molecule has 0 aliphatic heterocycles. The fraction of sp³-hybridized carbons (Fsp3) is 0.708. The van der Waals surface area contributed by atoms with Crippen molar-refractivity contribution in [3.05, 3.63) is 12.2 Å². The summed E-state index contributed by atoms with van der Waals surface area (Å²) in [7, 11) is 1.00. The summed E-state index contributed by atoms with van der Waals surface area (Å²) in [5.41, 5.74) is 0.823. The van der Waals surface area contributed by atoms with Crippen LogP contribution in [0.1, 0.15) is 93.4 Å². The molecule has 0 saturated carbocycles. The van der Waals surface area contributed by atoms with Gasteiger partial charge in [0.05, 0.1) is 12.1 Å². The second-order valence-electron chi connectivity index (χ2n) is 8.85. The summed E-state index contributed by atoms with van der Waals surface area (Å²) in [6.07, 6.45) is 10.4. The van der Waals surface area contributed by atoms with Gasteiger partial charge >= 0.3 is 5.97 Å². The second kappa shape index (κ2) is 28.3. The van der Waals surface area contributed by atoms with E-state index in [0.717, 1.165) is 46.0 Å². The quantitative estimate of drug-likeness (QED) is 0.262. The number of unbranched alkanes of at least 4 members (excludes halogenated alkanes) is 2. The number of aldehydes is 1. The normalized spacial score (nSPS) is 9.47. The van der Waals surface area contributed by atoms with E-state index < -0.39 is 18.4 Å². The van der Waals surface area contributed by atoms with E-state index in [4.69, 9.17) is 30.6 Å². The highest BCUT2D eigenvalue weighted by Crippen LogP contribution is 2.21. The average molecular weight is 457 g/mol. The zero-order valence-corrected chi connectivity index (χ0v) is 21.1. The van der Waals surface area contributed by atoms with Gasteiger partial charge in [0.2, 0.25) is 0 Å². The Kier molecular flexibility index (Phi) is 35.1. The van der Waals surface area contributed by atoms with Crippen molar-refractivity contribution >= 4 is 18.2 Å².